The highest BCUT2D eigenvalue weighted by Crippen LogP contribution is 2.41. The Kier molecular flexibility index (Phi) is 13.1. The summed E-state index contributed by atoms with van der Waals surface area (Å²) < 4.78 is 66.3. The number of Topliss-reactive ketones (excluding diaryl/α,β-unsaturated/α-hetero) is 1. The Bertz CT molecular complexity index is 2020. The van der Waals surface area contributed by atoms with Gasteiger partial charge >= 0.3 is 6.18 Å². The van der Waals surface area contributed by atoms with Crippen molar-refractivity contribution in [3.63, 3.8) is 0 Å². The topological polar surface area (TPSA) is 97.8 Å². The third-order valence-corrected chi connectivity index (χ3v) is 8.91. The summed E-state index contributed by atoms with van der Waals surface area (Å²) in [7, 11) is 3.21. The van der Waals surface area contributed by atoms with Gasteiger partial charge in [0.1, 0.15) is 17.3 Å². The van der Waals surface area contributed by atoms with Crippen LogP contribution in [0, 0.1) is 20.8 Å². The van der Waals surface area contributed by atoms with Crippen molar-refractivity contribution >= 4 is 5.78 Å². The highest BCUT2D eigenvalue weighted by Gasteiger charge is 2.32. The minimum absolute atomic E-state index is 0.00569. The van der Waals surface area contributed by atoms with Gasteiger partial charge in [-0.05, 0) is 104 Å². The summed E-state index contributed by atoms with van der Waals surface area (Å²) in [5, 5.41) is 0. The van der Waals surface area contributed by atoms with E-state index < -0.39 is 11.7 Å². The molecular weight excluding hydrogens is 683 g/mol. The number of ether oxygens (including phenoxy) is 4. The van der Waals surface area contributed by atoms with E-state index in [4.69, 9.17) is 29.7 Å². The Morgan fingerprint density at radius 3 is 1.98 bits per heavy atom. The smallest absolute Gasteiger partial charge is 0.416 e. The number of rotatable bonds is 17. The normalized spacial score (nSPS) is 11.6. The van der Waals surface area contributed by atoms with Crippen molar-refractivity contribution < 1.29 is 36.9 Å². The summed E-state index contributed by atoms with van der Waals surface area (Å²) >= 11 is 0. The van der Waals surface area contributed by atoms with Crippen LogP contribution in [0.2, 0.25) is 0 Å². The number of aromatic nitrogens is 2. The van der Waals surface area contributed by atoms with E-state index in [2.05, 4.69) is 0 Å². The molecule has 5 aromatic rings. The van der Waals surface area contributed by atoms with Crippen molar-refractivity contribution in [2.75, 3.05) is 47.2 Å². The van der Waals surface area contributed by atoms with Gasteiger partial charge in [-0.3, -0.25) is 4.79 Å². The number of hydrogen-bond donors (Lipinski definition) is 1. The van der Waals surface area contributed by atoms with Gasteiger partial charge in [-0.2, -0.15) is 13.2 Å². The Hall–Kier alpha value is -4.97. The molecule has 53 heavy (non-hydrogen) atoms. The van der Waals surface area contributed by atoms with E-state index in [0.717, 1.165) is 45.6 Å². The number of carbonyl (C=O) groups is 1. The number of carbonyl (C=O) groups excluding carboxylic acids is 1. The highest BCUT2D eigenvalue weighted by atomic mass is 19.4. The second-order valence-corrected chi connectivity index (χ2v) is 12.9. The van der Waals surface area contributed by atoms with Crippen LogP contribution in [-0.4, -0.2) is 62.5 Å². The molecule has 5 rings (SSSR count). The molecule has 0 saturated heterocycles. The summed E-state index contributed by atoms with van der Waals surface area (Å²) in [4.78, 5) is 18.1. The quantitative estimate of drug-likeness (QED) is 0.0755. The molecule has 0 fully saturated rings. The predicted molar refractivity (Wildman–Crippen MR) is 201 cm³/mol. The van der Waals surface area contributed by atoms with Crippen LogP contribution in [0.5, 0.6) is 11.5 Å². The first-order valence-corrected chi connectivity index (χ1v) is 17.5. The zero-order chi connectivity index (χ0) is 38.1. The van der Waals surface area contributed by atoms with Gasteiger partial charge in [0.2, 0.25) is 0 Å². The molecule has 280 valence electrons. The van der Waals surface area contributed by atoms with E-state index in [1.807, 2.05) is 66.9 Å². The first kappa shape index (κ1) is 39.2. The Labute approximate surface area is 308 Å². The van der Waals surface area contributed by atoms with Crippen molar-refractivity contribution in [1.29, 1.82) is 0 Å². The first-order valence-electron chi connectivity index (χ1n) is 17.5. The lowest BCUT2D eigenvalue weighted by molar-refractivity contribution is -0.137. The lowest BCUT2D eigenvalue weighted by Gasteiger charge is -2.16. The van der Waals surface area contributed by atoms with Crippen LogP contribution in [0.15, 0.2) is 78.9 Å². The molecule has 1 aromatic heterocycles. The second-order valence-electron chi connectivity index (χ2n) is 12.9. The van der Waals surface area contributed by atoms with Gasteiger partial charge in [-0.25, -0.2) is 4.98 Å². The molecule has 0 atom stereocenters. The molecule has 11 heteroatoms. The van der Waals surface area contributed by atoms with Crippen LogP contribution in [0.4, 0.5) is 13.2 Å². The molecule has 1 heterocycles. The van der Waals surface area contributed by atoms with Crippen molar-refractivity contribution in [1.82, 2.24) is 9.55 Å². The molecule has 0 saturated carbocycles. The second kappa shape index (κ2) is 17.7. The molecule has 0 aliphatic carbocycles. The van der Waals surface area contributed by atoms with E-state index in [1.165, 1.54) is 0 Å². The largest absolute Gasteiger partial charge is 0.496 e. The molecule has 0 radical (unpaired) electrons. The van der Waals surface area contributed by atoms with Crippen LogP contribution in [0.25, 0.3) is 33.9 Å². The molecule has 0 aliphatic rings. The number of aryl methyl sites for hydroxylation is 3. The number of benzene rings is 4. The maximum atomic E-state index is 14.1. The molecule has 0 bridgehead atoms. The molecular formula is C42H46F3N3O5. The fourth-order valence-corrected chi connectivity index (χ4v) is 6.31. The fraction of sp³-hybridized carbons (Fsp3) is 0.333. The van der Waals surface area contributed by atoms with Gasteiger partial charge in [0, 0.05) is 48.4 Å². The number of halogens is 3. The van der Waals surface area contributed by atoms with E-state index in [-0.39, 0.29) is 12.3 Å². The van der Waals surface area contributed by atoms with Crippen LogP contribution < -0.4 is 15.2 Å². The minimum atomic E-state index is -4.54. The number of alkyl halides is 3. The zero-order valence-electron chi connectivity index (χ0n) is 30.8. The van der Waals surface area contributed by atoms with Gasteiger partial charge in [0.05, 0.1) is 51.0 Å². The van der Waals surface area contributed by atoms with Gasteiger partial charge in [-0.15, -0.1) is 0 Å². The molecule has 0 spiro atoms. The van der Waals surface area contributed by atoms with E-state index in [0.29, 0.717) is 85.5 Å². The van der Waals surface area contributed by atoms with Crippen molar-refractivity contribution in [2.45, 2.75) is 46.3 Å². The lowest BCUT2D eigenvalue weighted by atomic mass is 10.0. The maximum Gasteiger partial charge on any atom is 0.416 e. The molecule has 8 nitrogen and oxygen atoms in total. The van der Waals surface area contributed by atoms with E-state index >= 15 is 0 Å². The average molecular weight is 730 g/mol. The van der Waals surface area contributed by atoms with Gasteiger partial charge in [0.25, 0.3) is 0 Å². The maximum absolute atomic E-state index is 14.1. The van der Waals surface area contributed by atoms with Crippen LogP contribution in [0.1, 0.15) is 51.0 Å². The van der Waals surface area contributed by atoms with Crippen molar-refractivity contribution in [3.8, 4) is 45.4 Å². The van der Waals surface area contributed by atoms with E-state index in [1.54, 1.807) is 39.3 Å². The van der Waals surface area contributed by atoms with Crippen molar-refractivity contribution in [3.05, 3.63) is 112 Å². The number of ketones is 1. The van der Waals surface area contributed by atoms with Crippen LogP contribution >= 0.6 is 0 Å². The van der Waals surface area contributed by atoms with Gasteiger partial charge in [0.15, 0.2) is 5.78 Å². The summed E-state index contributed by atoms with van der Waals surface area (Å²) in [5.74, 6) is 1.78. The zero-order valence-corrected chi connectivity index (χ0v) is 30.8. The molecule has 0 aliphatic heterocycles. The first-order chi connectivity index (χ1) is 25.4. The molecule has 4 aromatic carbocycles. The van der Waals surface area contributed by atoms with Gasteiger partial charge in [-0.1, -0.05) is 24.3 Å². The number of hydrogen-bond acceptors (Lipinski definition) is 7. The molecule has 2 N–H and O–H groups in total. The summed E-state index contributed by atoms with van der Waals surface area (Å²) in [6.45, 7) is 8.07. The minimum Gasteiger partial charge on any atom is -0.496 e. The van der Waals surface area contributed by atoms with Crippen LogP contribution in [-0.2, 0) is 22.2 Å². The third kappa shape index (κ3) is 9.72. The Morgan fingerprint density at radius 2 is 1.38 bits per heavy atom. The number of nitrogens with zero attached hydrogens (tertiary/aromatic N) is 2. The van der Waals surface area contributed by atoms with Crippen LogP contribution in [0.3, 0.4) is 0 Å². The summed E-state index contributed by atoms with van der Waals surface area (Å²) in [5.41, 5.74) is 11.6. The van der Waals surface area contributed by atoms with Crippen molar-refractivity contribution in [2.24, 2.45) is 5.73 Å². The summed E-state index contributed by atoms with van der Waals surface area (Å²) in [6, 6.07) is 22.9. The molecule has 0 amide bonds. The summed E-state index contributed by atoms with van der Waals surface area (Å²) in [6.07, 6.45) is -3.64. The Morgan fingerprint density at radius 1 is 0.755 bits per heavy atom. The fourth-order valence-electron chi connectivity index (χ4n) is 6.31. The number of nitrogens with two attached hydrogens (primary N) is 1. The standard InChI is InChI=1S/C42H46F3N3O5/c1-27-21-34(25-35(22-27)42(43,44)45)41-47-39(32-12-14-37(50-4)28(2)23-32)40(33-13-15-38(51-5)29(3)24-33)48(41)26-30-8-10-31(11-9-30)36(49)7-6-17-52-19-20-53-18-16-46/h8-15,21-25H,6-7,16-20,26,46H2,1-5H3. The molecule has 0 unspecified atom stereocenters. The SMILES string of the molecule is COc1ccc(-c2nc(-c3cc(C)cc(C(F)(F)F)c3)n(Cc3ccc(C(=O)CCCOCCOCCN)cc3)c2-c2ccc(OC)c(C)c2)cc1C. The third-order valence-electron chi connectivity index (χ3n) is 8.91. The monoisotopic (exact) mass is 729 g/mol. The average Bonchev–Trinajstić information content (AvgIpc) is 3.51. The van der Waals surface area contributed by atoms with Gasteiger partial charge < -0.3 is 29.2 Å². The highest BCUT2D eigenvalue weighted by molar-refractivity contribution is 5.96. The number of methoxy groups -OCH3 is 2. The Balaban J connectivity index is 1.57. The number of imidazole rings is 1. The van der Waals surface area contributed by atoms with E-state index in [9.17, 15) is 18.0 Å². The lowest BCUT2D eigenvalue weighted by Crippen LogP contribution is -2.12. The predicted octanol–water partition coefficient (Wildman–Crippen LogP) is 8.85.